The molecule has 0 saturated carbocycles. The van der Waals surface area contributed by atoms with Gasteiger partial charge in [0.1, 0.15) is 12.1 Å². The van der Waals surface area contributed by atoms with Crippen LogP contribution in [-0.2, 0) is 27.2 Å². The predicted octanol–water partition coefficient (Wildman–Crippen LogP) is 4.87. The number of rotatable bonds is 16. The van der Waals surface area contributed by atoms with Gasteiger partial charge in [0.2, 0.25) is 17.7 Å². The first kappa shape index (κ1) is 37.2. The lowest BCUT2D eigenvalue weighted by atomic mass is 9.94. The summed E-state index contributed by atoms with van der Waals surface area (Å²) in [5.74, 6) is -0.951. The normalized spacial score (nSPS) is 13.2. The molecule has 252 valence electrons. The zero-order valence-electron chi connectivity index (χ0n) is 29.0. The molecule has 0 aliphatic carbocycles. The minimum atomic E-state index is -0.864. The molecule has 0 saturated heterocycles. The monoisotopic (exact) mass is 640 g/mol. The van der Waals surface area contributed by atoms with E-state index in [1.165, 1.54) is 15.9 Å². The number of hydrogen-bond acceptors (Lipinski definition) is 5. The molecule has 3 aromatic carbocycles. The van der Waals surface area contributed by atoms with E-state index in [4.69, 9.17) is 0 Å². The SMILES string of the molecule is CNC(C)(C)C/C=C/C(=O)N(C)C(Cc1ccc(-c2ccccc2)cc1)C(=O)N(C)C(Cc1ccccc1)C(=O)NCC(C)(C)CO. The van der Waals surface area contributed by atoms with Crippen LogP contribution in [0.15, 0.2) is 97.1 Å². The fourth-order valence-corrected chi connectivity index (χ4v) is 5.04. The van der Waals surface area contributed by atoms with Crippen molar-refractivity contribution in [3.63, 3.8) is 0 Å². The fourth-order valence-electron chi connectivity index (χ4n) is 5.04. The molecule has 0 fully saturated rings. The Labute approximate surface area is 280 Å². The van der Waals surface area contributed by atoms with Gasteiger partial charge < -0.3 is 25.5 Å². The maximum Gasteiger partial charge on any atom is 0.246 e. The number of carbonyl (C=O) groups is 3. The highest BCUT2D eigenvalue weighted by Crippen LogP contribution is 2.22. The number of hydrogen-bond donors (Lipinski definition) is 3. The maximum atomic E-state index is 14.4. The van der Waals surface area contributed by atoms with Gasteiger partial charge in [-0.25, -0.2) is 0 Å². The van der Waals surface area contributed by atoms with Crippen LogP contribution in [0.3, 0.4) is 0 Å². The molecule has 0 aliphatic rings. The predicted molar refractivity (Wildman–Crippen MR) is 190 cm³/mol. The Kier molecular flexibility index (Phi) is 13.5. The molecule has 3 N–H and O–H groups in total. The van der Waals surface area contributed by atoms with Crippen molar-refractivity contribution in [2.24, 2.45) is 5.41 Å². The molecule has 8 heteroatoms. The second-order valence-corrected chi connectivity index (χ2v) is 13.7. The van der Waals surface area contributed by atoms with Gasteiger partial charge in [-0.3, -0.25) is 14.4 Å². The number of nitrogens with zero attached hydrogens (tertiary/aromatic N) is 2. The largest absolute Gasteiger partial charge is 0.396 e. The quantitative estimate of drug-likeness (QED) is 0.194. The molecule has 3 amide bonds. The number of nitrogens with one attached hydrogen (secondary N) is 2. The summed E-state index contributed by atoms with van der Waals surface area (Å²) >= 11 is 0. The third-order valence-electron chi connectivity index (χ3n) is 8.71. The summed E-state index contributed by atoms with van der Waals surface area (Å²) in [5, 5.41) is 15.9. The van der Waals surface area contributed by atoms with E-state index in [9.17, 15) is 19.5 Å². The van der Waals surface area contributed by atoms with Crippen LogP contribution in [-0.4, -0.2) is 84.5 Å². The average Bonchev–Trinajstić information content (AvgIpc) is 3.08. The zero-order valence-corrected chi connectivity index (χ0v) is 29.0. The molecule has 8 nitrogen and oxygen atoms in total. The molecule has 0 radical (unpaired) electrons. The van der Waals surface area contributed by atoms with Crippen LogP contribution in [0.1, 0.15) is 45.2 Å². The highest BCUT2D eigenvalue weighted by molar-refractivity contribution is 5.95. The lowest BCUT2D eigenvalue weighted by Gasteiger charge is -2.35. The van der Waals surface area contributed by atoms with Crippen molar-refractivity contribution in [1.29, 1.82) is 0 Å². The van der Waals surface area contributed by atoms with Crippen LogP contribution in [0, 0.1) is 5.41 Å². The van der Waals surface area contributed by atoms with Gasteiger partial charge in [-0.1, -0.05) is 105 Å². The molecule has 3 rings (SSSR count). The summed E-state index contributed by atoms with van der Waals surface area (Å²) in [7, 11) is 5.14. The topological polar surface area (TPSA) is 102 Å². The molecule has 0 bridgehead atoms. The lowest BCUT2D eigenvalue weighted by molar-refractivity contribution is -0.146. The molecule has 47 heavy (non-hydrogen) atoms. The molecule has 0 spiro atoms. The van der Waals surface area contributed by atoms with E-state index in [1.54, 1.807) is 14.1 Å². The molecule has 0 aromatic heterocycles. The first-order valence-electron chi connectivity index (χ1n) is 16.2. The molecular formula is C39H52N4O4. The summed E-state index contributed by atoms with van der Waals surface area (Å²) in [6, 6.07) is 25.9. The Hall–Kier alpha value is -4.27. The van der Waals surface area contributed by atoms with Gasteiger partial charge in [0.05, 0.1) is 0 Å². The summed E-state index contributed by atoms with van der Waals surface area (Å²) in [6.07, 6.45) is 4.54. The summed E-state index contributed by atoms with van der Waals surface area (Å²) in [6.45, 7) is 7.97. The van der Waals surface area contributed by atoms with Gasteiger partial charge in [-0.15, -0.1) is 0 Å². The van der Waals surface area contributed by atoms with Crippen LogP contribution >= 0.6 is 0 Å². The number of aliphatic hydroxyl groups is 1. The van der Waals surface area contributed by atoms with Crippen molar-refractivity contribution >= 4 is 17.7 Å². The number of carbonyl (C=O) groups excluding carboxylic acids is 3. The van der Waals surface area contributed by atoms with Crippen LogP contribution in [0.4, 0.5) is 0 Å². The number of amides is 3. The van der Waals surface area contributed by atoms with Crippen LogP contribution < -0.4 is 10.6 Å². The third kappa shape index (κ3) is 11.2. The highest BCUT2D eigenvalue weighted by atomic mass is 16.3. The van der Waals surface area contributed by atoms with E-state index < -0.39 is 17.5 Å². The Balaban J connectivity index is 1.94. The fraction of sp³-hybridized carbons (Fsp3) is 0.410. The number of aliphatic hydroxyl groups excluding tert-OH is 1. The smallest absolute Gasteiger partial charge is 0.246 e. The Morgan fingerprint density at radius 1 is 0.766 bits per heavy atom. The van der Waals surface area contributed by atoms with Crippen molar-refractivity contribution in [3.05, 3.63) is 108 Å². The van der Waals surface area contributed by atoms with Gasteiger partial charge in [0.25, 0.3) is 0 Å². The summed E-state index contributed by atoms with van der Waals surface area (Å²) in [4.78, 5) is 44.6. The van der Waals surface area contributed by atoms with Crippen molar-refractivity contribution in [2.75, 3.05) is 34.3 Å². The second kappa shape index (κ2) is 17.0. The molecule has 0 aliphatic heterocycles. The van der Waals surface area contributed by atoms with E-state index in [0.29, 0.717) is 12.8 Å². The average molecular weight is 641 g/mol. The molecule has 3 aromatic rings. The third-order valence-corrected chi connectivity index (χ3v) is 8.71. The first-order valence-corrected chi connectivity index (χ1v) is 16.2. The minimum Gasteiger partial charge on any atom is -0.396 e. The van der Waals surface area contributed by atoms with Gasteiger partial charge in [-0.2, -0.15) is 0 Å². The van der Waals surface area contributed by atoms with Crippen LogP contribution in [0.2, 0.25) is 0 Å². The van der Waals surface area contributed by atoms with Crippen LogP contribution in [0.25, 0.3) is 11.1 Å². The van der Waals surface area contributed by atoms with Gasteiger partial charge in [0, 0.05) is 51.0 Å². The second-order valence-electron chi connectivity index (χ2n) is 13.7. The summed E-state index contributed by atoms with van der Waals surface area (Å²) < 4.78 is 0. The van der Waals surface area contributed by atoms with E-state index in [1.807, 2.05) is 126 Å². The van der Waals surface area contributed by atoms with Gasteiger partial charge in [-0.05, 0) is 55.6 Å². The van der Waals surface area contributed by atoms with Crippen molar-refractivity contribution < 1.29 is 19.5 Å². The lowest BCUT2D eigenvalue weighted by Crippen LogP contribution is -2.56. The van der Waals surface area contributed by atoms with E-state index in [2.05, 4.69) is 10.6 Å². The molecule has 2 unspecified atom stereocenters. The van der Waals surface area contributed by atoms with E-state index in [-0.39, 0.29) is 42.8 Å². The standard InChI is InChI=1S/C39H52N4O4/c1-38(2,28-44)27-41-36(46)33(25-29-15-10-8-11-16-29)43(7)37(47)34(42(6)35(45)19-14-24-39(3,4)40-5)26-30-20-22-32(23-21-30)31-17-12-9-13-18-31/h8-23,33-34,40,44H,24-28H2,1-7H3,(H,41,46)/b19-14+. The maximum absolute atomic E-state index is 14.4. The Bertz CT molecular complexity index is 1470. The Morgan fingerprint density at radius 2 is 1.30 bits per heavy atom. The molecule has 0 heterocycles. The highest BCUT2D eigenvalue weighted by Gasteiger charge is 2.35. The van der Waals surface area contributed by atoms with Gasteiger partial charge >= 0.3 is 0 Å². The first-order chi connectivity index (χ1) is 22.3. The number of likely N-dealkylation sites (N-methyl/N-ethyl adjacent to an activating group) is 2. The minimum absolute atomic E-state index is 0.0948. The van der Waals surface area contributed by atoms with Crippen molar-refractivity contribution in [1.82, 2.24) is 20.4 Å². The molecular weight excluding hydrogens is 588 g/mol. The van der Waals surface area contributed by atoms with Crippen molar-refractivity contribution in [3.8, 4) is 11.1 Å². The molecule has 2 atom stereocenters. The van der Waals surface area contributed by atoms with Crippen LogP contribution in [0.5, 0.6) is 0 Å². The number of benzene rings is 3. The summed E-state index contributed by atoms with van der Waals surface area (Å²) in [5.41, 5.74) is 3.23. The van der Waals surface area contributed by atoms with E-state index >= 15 is 0 Å². The van der Waals surface area contributed by atoms with E-state index in [0.717, 1.165) is 22.3 Å². The van der Waals surface area contributed by atoms with Crippen molar-refractivity contribution in [2.45, 2.75) is 64.6 Å². The zero-order chi connectivity index (χ0) is 34.6. The van der Waals surface area contributed by atoms with Gasteiger partial charge in [0.15, 0.2) is 0 Å². The Morgan fingerprint density at radius 3 is 1.87 bits per heavy atom.